The van der Waals surface area contributed by atoms with Crippen LogP contribution in [0.15, 0.2) is 70.4 Å². The first-order valence-corrected chi connectivity index (χ1v) is 14.0. The lowest BCUT2D eigenvalue weighted by Crippen LogP contribution is -2.35. The number of amidine groups is 2. The van der Waals surface area contributed by atoms with Crippen LogP contribution in [0.5, 0.6) is 11.5 Å². The number of aromatic nitrogens is 1. The lowest BCUT2D eigenvalue weighted by atomic mass is 10.1. The molecule has 0 bridgehead atoms. The van der Waals surface area contributed by atoms with Crippen molar-refractivity contribution in [2.75, 3.05) is 20.0 Å². The van der Waals surface area contributed by atoms with Gasteiger partial charge in [0, 0.05) is 35.5 Å². The second kappa shape index (κ2) is 9.87. The molecule has 1 N–H and O–H groups in total. The largest absolute Gasteiger partial charge is 0.493 e. The molecule has 0 unspecified atom stereocenters. The van der Waals surface area contributed by atoms with Gasteiger partial charge in [0.15, 0.2) is 17.3 Å². The highest BCUT2D eigenvalue weighted by Crippen LogP contribution is 2.31. The number of hydrazone groups is 1. The van der Waals surface area contributed by atoms with E-state index in [1.807, 2.05) is 54.7 Å². The number of nitrogens with zero attached hydrogens (tertiary/aromatic N) is 4. The fourth-order valence-electron chi connectivity index (χ4n) is 4.01. The van der Waals surface area contributed by atoms with E-state index in [0.29, 0.717) is 24.7 Å². The van der Waals surface area contributed by atoms with Crippen LogP contribution in [0.3, 0.4) is 0 Å². The zero-order valence-corrected chi connectivity index (χ0v) is 21.7. The molecule has 2 aliphatic heterocycles. The van der Waals surface area contributed by atoms with E-state index in [1.54, 1.807) is 13.2 Å². The van der Waals surface area contributed by atoms with Crippen LogP contribution in [-0.4, -0.2) is 59.3 Å². The summed E-state index contributed by atoms with van der Waals surface area (Å²) in [7, 11) is -1.99. The number of ether oxygens (including phenoxy) is 2. The Morgan fingerprint density at radius 1 is 1.11 bits per heavy atom. The van der Waals surface area contributed by atoms with Gasteiger partial charge in [0.25, 0.3) is 5.91 Å². The average Bonchev–Trinajstić information content (AvgIpc) is 3.47. The minimum Gasteiger partial charge on any atom is -0.493 e. The predicted molar refractivity (Wildman–Crippen MR) is 145 cm³/mol. The highest BCUT2D eigenvalue weighted by Gasteiger charge is 2.38. The van der Waals surface area contributed by atoms with Crippen molar-refractivity contribution < 1.29 is 22.7 Å². The highest BCUT2D eigenvalue weighted by atomic mass is 32.3. The molecule has 10 nitrogen and oxygen atoms in total. The minimum atomic E-state index is -3.59. The summed E-state index contributed by atoms with van der Waals surface area (Å²) in [6, 6.07) is 15.3. The maximum atomic E-state index is 12.8. The van der Waals surface area contributed by atoms with E-state index in [4.69, 9.17) is 14.9 Å². The lowest BCUT2D eigenvalue weighted by Gasteiger charge is -2.19. The van der Waals surface area contributed by atoms with Crippen molar-refractivity contribution >= 4 is 59.9 Å². The Bertz CT molecular complexity index is 1620. The van der Waals surface area contributed by atoms with Gasteiger partial charge in [-0.15, -0.1) is 5.10 Å². The first-order valence-electron chi connectivity index (χ1n) is 11.3. The number of amides is 1. The lowest BCUT2D eigenvalue weighted by molar-refractivity contribution is -0.114. The Hall–Kier alpha value is -3.90. The number of fused-ring (bicyclic) bond motifs is 2. The number of methoxy groups -OCH3 is 1. The van der Waals surface area contributed by atoms with Crippen molar-refractivity contribution in [3.05, 3.63) is 65.9 Å². The highest BCUT2D eigenvalue weighted by molar-refractivity contribution is 8.42. The molecule has 190 valence electrons. The van der Waals surface area contributed by atoms with E-state index in [-0.39, 0.29) is 21.0 Å². The van der Waals surface area contributed by atoms with Crippen molar-refractivity contribution in [2.24, 2.45) is 10.1 Å². The van der Waals surface area contributed by atoms with Crippen molar-refractivity contribution in [2.45, 2.75) is 13.0 Å². The van der Waals surface area contributed by atoms with E-state index in [0.717, 1.165) is 45.9 Å². The van der Waals surface area contributed by atoms with E-state index < -0.39 is 15.7 Å². The Kier molecular flexibility index (Phi) is 6.61. The van der Waals surface area contributed by atoms with Gasteiger partial charge in [-0.2, -0.15) is 10.0 Å². The third kappa shape index (κ3) is 4.89. The van der Waals surface area contributed by atoms with Gasteiger partial charge in [-0.25, -0.2) is 8.42 Å². The third-order valence-corrected chi connectivity index (χ3v) is 8.32. The molecule has 2 aliphatic rings. The van der Waals surface area contributed by atoms with E-state index in [1.165, 1.54) is 0 Å². The molecular formula is C25H23N5O5S2. The fraction of sp³-hybridized carbons (Fsp3) is 0.200. The van der Waals surface area contributed by atoms with Gasteiger partial charge < -0.3 is 14.0 Å². The van der Waals surface area contributed by atoms with Crippen molar-refractivity contribution in [1.29, 1.82) is 5.41 Å². The monoisotopic (exact) mass is 537 g/mol. The van der Waals surface area contributed by atoms with Gasteiger partial charge in [-0.3, -0.25) is 10.2 Å². The van der Waals surface area contributed by atoms with Crippen LogP contribution in [0.25, 0.3) is 17.0 Å². The minimum absolute atomic E-state index is 0.0326. The van der Waals surface area contributed by atoms with Crippen LogP contribution < -0.4 is 9.47 Å². The number of benzene rings is 2. The summed E-state index contributed by atoms with van der Waals surface area (Å²) >= 11 is 0.761. The van der Waals surface area contributed by atoms with Gasteiger partial charge in [0.05, 0.1) is 19.3 Å². The Balaban J connectivity index is 1.38. The number of hydrogen-bond donors (Lipinski definition) is 1. The summed E-state index contributed by atoms with van der Waals surface area (Å²) in [6.07, 6.45) is 5.28. The first-order chi connectivity index (χ1) is 17.8. The van der Waals surface area contributed by atoms with Crippen molar-refractivity contribution in [3.8, 4) is 11.5 Å². The van der Waals surface area contributed by atoms with Crippen LogP contribution >= 0.6 is 11.8 Å². The standard InChI is InChI=1S/C25H23N5O5S2/c1-34-20-10-5-6-11-21(20)35-13-7-12-29-15-16(17-8-3-4-9-19(17)29)14-18-22(26)30-24(27-23(18)31)36-25(28-30)37(2,32)33/h3-6,8-11,14-15,26H,7,12-13H2,1-2H3/b18-14+,26-22?. The topological polar surface area (TPSA) is 126 Å². The smallest absolute Gasteiger partial charge is 0.283 e. The number of carbonyl (C=O) groups excluding carboxylic acids is 1. The zero-order chi connectivity index (χ0) is 26.2. The normalized spacial score (nSPS) is 16.7. The summed E-state index contributed by atoms with van der Waals surface area (Å²) < 4.78 is 36.9. The number of aliphatic imine (C=N–C) groups is 1. The van der Waals surface area contributed by atoms with Crippen LogP contribution in [0.2, 0.25) is 0 Å². The number of hydrogen-bond acceptors (Lipinski definition) is 8. The molecule has 2 aromatic carbocycles. The van der Waals surface area contributed by atoms with E-state index in [2.05, 4.69) is 14.7 Å². The van der Waals surface area contributed by atoms with Gasteiger partial charge in [0.1, 0.15) is 0 Å². The zero-order valence-electron chi connectivity index (χ0n) is 20.0. The molecule has 0 atom stereocenters. The first kappa shape index (κ1) is 24.8. The molecule has 3 heterocycles. The summed E-state index contributed by atoms with van der Waals surface area (Å²) in [5.41, 5.74) is 1.75. The maximum Gasteiger partial charge on any atom is 0.283 e. The van der Waals surface area contributed by atoms with E-state index in [9.17, 15) is 13.2 Å². The Labute approximate surface area is 217 Å². The molecule has 1 aromatic heterocycles. The van der Waals surface area contributed by atoms with Gasteiger partial charge in [-0.1, -0.05) is 30.3 Å². The van der Waals surface area contributed by atoms with Gasteiger partial charge >= 0.3 is 0 Å². The molecule has 1 amide bonds. The number of aryl methyl sites for hydroxylation is 1. The molecule has 0 radical (unpaired) electrons. The van der Waals surface area contributed by atoms with Crippen LogP contribution in [-0.2, 0) is 21.2 Å². The molecule has 0 saturated heterocycles. The molecule has 0 saturated carbocycles. The molecule has 5 rings (SSSR count). The third-order valence-electron chi connectivity index (χ3n) is 5.74. The Morgan fingerprint density at radius 3 is 2.59 bits per heavy atom. The molecule has 12 heteroatoms. The van der Waals surface area contributed by atoms with Crippen LogP contribution in [0, 0.1) is 5.41 Å². The maximum absolute atomic E-state index is 12.8. The number of sulfone groups is 1. The summed E-state index contributed by atoms with van der Waals surface area (Å²) in [5.74, 6) is 0.528. The van der Waals surface area contributed by atoms with E-state index >= 15 is 0 Å². The van der Waals surface area contributed by atoms with Gasteiger partial charge in [0.2, 0.25) is 19.4 Å². The second-order valence-electron chi connectivity index (χ2n) is 8.31. The predicted octanol–water partition coefficient (Wildman–Crippen LogP) is 3.74. The molecule has 0 aliphatic carbocycles. The van der Waals surface area contributed by atoms with Crippen LogP contribution in [0.1, 0.15) is 12.0 Å². The molecule has 0 spiro atoms. The van der Waals surface area contributed by atoms with Crippen molar-refractivity contribution in [3.63, 3.8) is 0 Å². The van der Waals surface area contributed by atoms with Crippen molar-refractivity contribution in [1.82, 2.24) is 9.58 Å². The summed E-state index contributed by atoms with van der Waals surface area (Å²) in [4.78, 5) is 16.7. The number of nitrogens with one attached hydrogen (secondary N) is 1. The summed E-state index contributed by atoms with van der Waals surface area (Å²) in [6.45, 7) is 1.15. The van der Waals surface area contributed by atoms with Gasteiger partial charge in [-0.05, 0) is 42.5 Å². The average molecular weight is 538 g/mol. The molecule has 3 aromatic rings. The number of thioether (sulfide) groups is 1. The molecule has 37 heavy (non-hydrogen) atoms. The molecule has 0 fully saturated rings. The number of carbonyl (C=O) groups is 1. The summed E-state index contributed by atoms with van der Waals surface area (Å²) in [5, 5.41) is 14.6. The fourth-order valence-corrected chi connectivity index (χ4v) is 5.70. The number of rotatable bonds is 7. The Morgan fingerprint density at radius 2 is 1.84 bits per heavy atom. The number of para-hydroxylation sites is 3. The second-order valence-corrected chi connectivity index (χ2v) is 11.5. The van der Waals surface area contributed by atoms with Crippen LogP contribution in [0.4, 0.5) is 0 Å². The molecular weight excluding hydrogens is 514 g/mol. The SMILES string of the molecule is COc1ccccc1OCCCn1cc(/C=C2\C(=N)N3N=C(S(C)(=O)=O)SC3=NC2=O)c2ccccc21. The quantitative estimate of drug-likeness (QED) is 0.359.